The molecule has 29 heavy (non-hydrogen) atoms. The zero-order valence-electron chi connectivity index (χ0n) is 16.1. The summed E-state index contributed by atoms with van der Waals surface area (Å²) in [5.41, 5.74) is 6.96. The minimum absolute atomic E-state index is 0.0202. The van der Waals surface area contributed by atoms with E-state index in [0.717, 1.165) is 5.56 Å². The molecule has 3 N–H and O–H groups in total. The second-order valence-electron chi connectivity index (χ2n) is 6.58. The van der Waals surface area contributed by atoms with Gasteiger partial charge in [-0.15, -0.1) is 0 Å². The molecule has 0 saturated heterocycles. The zero-order chi connectivity index (χ0) is 21.0. The summed E-state index contributed by atoms with van der Waals surface area (Å²) in [6.07, 6.45) is 1.65. The van der Waals surface area contributed by atoms with Crippen LogP contribution in [-0.4, -0.2) is 41.5 Å². The monoisotopic (exact) mass is 417 g/mol. The second-order valence-corrected chi connectivity index (χ2v) is 6.99. The van der Waals surface area contributed by atoms with E-state index >= 15 is 0 Å². The van der Waals surface area contributed by atoms with Crippen LogP contribution in [0.15, 0.2) is 36.7 Å². The number of nitrogens with zero attached hydrogens (tertiary/aromatic N) is 3. The molecule has 2 aromatic carbocycles. The normalized spacial score (nSPS) is 11.1. The van der Waals surface area contributed by atoms with E-state index < -0.39 is 5.82 Å². The van der Waals surface area contributed by atoms with Crippen LogP contribution in [0, 0.1) is 5.82 Å². The lowest BCUT2D eigenvalue weighted by Crippen LogP contribution is -2.24. The fourth-order valence-electron chi connectivity index (χ4n) is 2.94. The molecule has 0 spiro atoms. The summed E-state index contributed by atoms with van der Waals surface area (Å²) in [5.74, 6) is 0.188. The number of ether oxygens (including phenoxy) is 1. The highest BCUT2D eigenvalue weighted by atomic mass is 35.5. The van der Waals surface area contributed by atoms with Crippen molar-refractivity contribution < 1.29 is 13.9 Å². The molecule has 1 aromatic heterocycles. The van der Waals surface area contributed by atoms with Gasteiger partial charge in [-0.2, -0.15) is 0 Å². The Balaban J connectivity index is 1.97. The van der Waals surface area contributed by atoms with Crippen LogP contribution >= 0.6 is 11.6 Å². The molecule has 3 rings (SSSR count). The molecule has 0 bridgehead atoms. The molecule has 152 valence electrons. The van der Waals surface area contributed by atoms with Crippen molar-refractivity contribution in [1.82, 2.24) is 14.9 Å². The highest BCUT2D eigenvalue weighted by Gasteiger charge is 2.14. The number of halogens is 2. The first-order valence-corrected chi connectivity index (χ1v) is 9.26. The van der Waals surface area contributed by atoms with Crippen molar-refractivity contribution in [2.45, 2.75) is 13.0 Å². The first-order valence-electron chi connectivity index (χ1n) is 8.88. The van der Waals surface area contributed by atoms with Gasteiger partial charge in [0.25, 0.3) is 0 Å². The predicted octanol–water partition coefficient (Wildman–Crippen LogP) is 3.48. The van der Waals surface area contributed by atoms with Crippen LogP contribution in [0.25, 0.3) is 10.9 Å². The van der Waals surface area contributed by atoms with Crippen LogP contribution in [0.3, 0.4) is 0 Å². The molecule has 0 atom stereocenters. The number of amides is 1. The smallest absolute Gasteiger partial charge is 0.218 e. The van der Waals surface area contributed by atoms with Gasteiger partial charge in [0.2, 0.25) is 5.91 Å². The van der Waals surface area contributed by atoms with Crippen LogP contribution in [0.5, 0.6) is 5.75 Å². The number of carbonyl (C=O) groups is 1. The molecule has 1 heterocycles. The number of hydrogen-bond acceptors (Lipinski definition) is 6. The van der Waals surface area contributed by atoms with Crippen molar-refractivity contribution in [1.29, 1.82) is 0 Å². The second kappa shape index (κ2) is 9.02. The maximum atomic E-state index is 14.3. The first-order chi connectivity index (χ1) is 13.9. The third-order valence-corrected chi connectivity index (χ3v) is 4.71. The van der Waals surface area contributed by atoms with Crippen molar-refractivity contribution >= 4 is 39.9 Å². The molecule has 9 heteroatoms. The summed E-state index contributed by atoms with van der Waals surface area (Å²) >= 11 is 5.87. The van der Waals surface area contributed by atoms with E-state index in [2.05, 4.69) is 15.3 Å². The Morgan fingerprint density at radius 2 is 2.14 bits per heavy atom. The number of methoxy groups -OCH3 is 1. The summed E-state index contributed by atoms with van der Waals surface area (Å²) in [6.45, 7) is 1.03. The first kappa shape index (κ1) is 20.8. The largest absolute Gasteiger partial charge is 0.496 e. The summed E-state index contributed by atoms with van der Waals surface area (Å²) in [4.78, 5) is 21.5. The van der Waals surface area contributed by atoms with Gasteiger partial charge in [0, 0.05) is 36.5 Å². The minimum Gasteiger partial charge on any atom is -0.496 e. The van der Waals surface area contributed by atoms with Gasteiger partial charge in [-0.05, 0) is 25.2 Å². The number of aromatic nitrogens is 2. The summed E-state index contributed by atoms with van der Waals surface area (Å²) in [5, 5.41) is 3.71. The van der Waals surface area contributed by atoms with Gasteiger partial charge in [0.05, 0.1) is 23.3 Å². The van der Waals surface area contributed by atoms with Crippen molar-refractivity contribution in [2.24, 2.45) is 5.73 Å². The lowest BCUT2D eigenvalue weighted by atomic mass is 10.1. The van der Waals surface area contributed by atoms with Crippen molar-refractivity contribution in [3.63, 3.8) is 0 Å². The Hall–Kier alpha value is -2.97. The predicted molar refractivity (Wildman–Crippen MR) is 111 cm³/mol. The molecule has 0 radical (unpaired) electrons. The minimum atomic E-state index is -0.555. The number of nitrogens with one attached hydrogen (secondary N) is 1. The van der Waals surface area contributed by atoms with Crippen LogP contribution in [0.4, 0.5) is 15.9 Å². The van der Waals surface area contributed by atoms with Gasteiger partial charge in [0.15, 0.2) is 5.82 Å². The van der Waals surface area contributed by atoms with Crippen molar-refractivity contribution in [3.8, 4) is 5.75 Å². The van der Waals surface area contributed by atoms with E-state index in [1.165, 1.54) is 12.4 Å². The molecule has 3 aromatic rings. The number of fused-ring (bicyclic) bond motifs is 1. The zero-order valence-corrected chi connectivity index (χ0v) is 16.8. The average molecular weight is 418 g/mol. The van der Waals surface area contributed by atoms with Gasteiger partial charge in [-0.25, -0.2) is 14.4 Å². The molecule has 0 unspecified atom stereocenters. The lowest BCUT2D eigenvalue weighted by Gasteiger charge is -2.19. The molecular formula is C20H21ClFN5O2. The van der Waals surface area contributed by atoms with Crippen molar-refractivity contribution in [2.75, 3.05) is 26.0 Å². The molecule has 0 aliphatic carbocycles. The van der Waals surface area contributed by atoms with Gasteiger partial charge in [-0.1, -0.05) is 17.7 Å². The quantitative estimate of drug-likeness (QED) is 0.582. The molecule has 0 aliphatic heterocycles. The summed E-state index contributed by atoms with van der Waals surface area (Å²) < 4.78 is 19.8. The van der Waals surface area contributed by atoms with E-state index in [9.17, 15) is 9.18 Å². The Kier molecular flexibility index (Phi) is 6.46. The fourth-order valence-corrected chi connectivity index (χ4v) is 3.12. The van der Waals surface area contributed by atoms with E-state index in [0.29, 0.717) is 35.6 Å². The highest BCUT2D eigenvalue weighted by molar-refractivity contribution is 6.31. The number of anilines is 2. The maximum Gasteiger partial charge on any atom is 0.218 e. The van der Waals surface area contributed by atoms with Gasteiger partial charge in [0.1, 0.15) is 17.9 Å². The average Bonchev–Trinajstić information content (AvgIpc) is 2.69. The van der Waals surface area contributed by atoms with E-state index in [1.807, 2.05) is 18.0 Å². The SMILES string of the molecule is COc1cc2ncnc(Nc3cccc(Cl)c3F)c2cc1CN(C)CCC(N)=O. The number of carbonyl (C=O) groups excluding carboxylic acids is 1. The van der Waals surface area contributed by atoms with Crippen LogP contribution in [-0.2, 0) is 11.3 Å². The molecular weight excluding hydrogens is 397 g/mol. The summed E-state index contributed by atoms with van der Waals surface area (Å²) in [7, 11) is 3.46. The van der Waals surface area contributed by atoms with Gasteiger partial charge in [-0.3, -0.25) is 4.79 Å². The van der Waals surface area contributed by atoms with E-state index in [1.54, 1.807) is 25.3 Å². The van der Waals surface area contributed by atoms with E-state index in [-0.39, 0.29) is 23.0 Å². The van der Waals surface area contributed by atoms with Crippen LogP contribution < -0.4 is 15.8 Å². The number of hydrogen-bond donors (Lipinski definition) is 2. The number of benzene rings is 2. The van der Waals surface area contributed by atoms with Gasteiger partial charge < -0.3 is 20.7 Å². The Bertz CT molecular complexity index is 1050. The topological polar surface area (TPSA) is 93.4 Å². The number of rotatable bonds is 8. The van der Waals surface area contributed by atoms with Crippen LogP contribution in [0.2, 0.25) is 5.02 Å². The highest BCUT2D eigenvalue weighted by Crippen LogP contribution is 2.32. The standard InChI is InChI=1S/C20H21ClFN5O2/c1-27(7-6-18(23)28)10-12-8-13-16(9-17(12)29-2)24-11-25-20(13)26-15-5-3-4-14(21)19(15)22/h3-5,8-9,11H,6-7,10H2,1-2H3,(H2,23,28)(H,24,25,26). The fraction of sp³-hybridized carbons (Fsp3) is 0.250. The number of nitrogens with two attached hydrogens (primary N) is 1. The summed E-state index contributed by atoms with van der Waals surface area (Å²) in [6, 6.07) is 8.40. The third-order valence-electron chi connectivity index (χ3n) is 4.42. The molecule has 0 saturated carbocycles. The molecule has 0 aliphatic rings. The Morgan fingerprint density at radius 1 is 1.34 bits per heavy atom. The van der Waals surface area contributed by atoms with Crippen LogP contribution in [0.1, 0.15) is 12.0 Å². The number of primary amides is 1. The van der Waals surface area contributed by atoms with Gasteiger partial charge >= 0.3 is 0 Å². The van der Waals surface area contributed by atoms with E-state index in [4.69, 9.17) is 22.1 Å². The Morgan fingerprint density at radius 3 is 2.86 bits per heavy atom. The molecule has 0 fully saturated rings. The van der Waals surface area contributed by atoms with Crippen molar-refractivity contribution in [3.05, 3.63) is 53.1 Å². The third kappa shape index (κ3) is 4.90. The molecule has 7 nitrogen and oxygen atoms in total. The molecule has 1 amide bonds. The maximum absolute atomic E-state index is 14.3. The Labute approximate surface area is 172 Å². The lowest BCUT2D eigenvalue weighted by molar-refractivity contribution is -0.118.